The summed E-state index contributed by atoms with van der Waals surface area (Å²) in [6.45, 7) is 6.56. The molecular weight excluding hydrogens is 841 g/mol. The van der Waals surface area contributed by atoms with Gasteiger partial charge in [-0.25, -0.2) is 0 Å². The zero-order chi connectivity index (χ0) is 49.3. The Labute approximate surface area is 422 Å². The normalized spacial score (nSPS) is 12.3. The van der Waals surface area contributed by atoms with Gasteiger partial charge in [0, 0.05) is 19.3 Å². The number of carbonyl (C=O) groups is 3. The van der Waals surface area contributed by atoms with Crippen LogP contribution < -0.4 is 0 Å². The van der Waals surface area contributed by atoms with Crippen LogP contribution in [0.3, 0.4) is 0 Å². The minimum Gasteiger partial charge on any atom is -0.462 e. The maximum atomic E-state index is 12.9. The molecule has 0 fully saturated rings. The smallest absolute Gasteiger partial charge is 0.306 e. The monoisotopic (exact) mass is 953 g/mol. The van der Waals surface area contributed by atoms with E-state index < -0.39 is 6.10 Å². The molecule has 0 bridgehead atoms. The van der Waals surface area contributed by atoms with E-state index in [1.807, 2.05) is 0 Å². The van der Waals surface area contributed by atoms with Crippen molar-refractivity contribution in [1.29, 1.82) is 0 Å². The third kappa shape index (κ3) is 54.3. The van der Waals surface area contributed by atoms with E-state index in [1.54, 1.807) is 0 Å². The molecule has 68 heavy (non-hydrogen) atoms. The summed E-state index contributed by atoms with van der Waals surface area (Å²) in [6, 6.07) is 0. The highest BCUT2D eigenvalue weighted by Crippen LogP contribution is 2.16. The maximum Gasteiger partial charge on any atom is 0.306 e. The van der Waals surface area contributed by atoms with Gasteiger partial charge in [-0.1, -0.05) is 262 Å². The van der Waals surface area contributed by atoms with Gasteiger partial charge in [-0.2, -0.15) is 0 Å². The third-order valence-corrected chi connectivity index (χ3v) is 13.1. The molecule has 0 saturated heterocycles. The summed E-state index contributed by atoms with van der Waals surface area (Å²) in [5.41, 5.74) is 0. The number of carbonyl (C=O) groups excluding carboxylic acids is 3. The molecule has 396 valence electrons. The Morgan fingerprint density at radius 1 is 0.309 bits per heavy atom. The van der Waals surface area contributed by atoms with Crippen LogP contribution >= 0.6 is 0 Å². The van der Waals surface area contributed by atoms with E-state index in [2.05, 4.69) is 69.4 Å². The predicted molar refractivity (Wildman–Crippen MR) is 293 cm³/mol. The van der Waals surface area contributed by atoms with E-state index in [-0.39, 0.29) is 31.1 Å². The first-order valence-corrected chi connectivity index (χ1v) is 29.6. The summed E-state index contributed by atoms with van der Waals surface area (Å²) < 4.78 is 16.9. The standard InChI is InChI=1S/C62H112O6/c1-4-7-10-13-16-19-22-25-28-30-31-32-35-37-40-43-46-49-52-55-61(64)67-58-59(57-66-60(63)54-51-48-45-42-39-36-33-27-24-21-18-15-12-9-6-3)68-62(65)56-53-50-47-44-41-38-34-29-26-23-20-17-14-11-8-5-2/h7,10,16,19,25,28-29,34,59H,4-6,8-9,11-15,17-18,20-24,26-27,30-33,35-58H2,1-3H3/b10-7-,19-16-,28-25-,34-29-. The van der Waals surface area contributed by atoms with Crippen molar-refractivity contribution in [3.8, 4) is 0 Å². The lowest BCUT2D eigenvalue weighted by Crippen LogP contribution is -2.30. The molecule has 1 atom stereocenters. The zero-order valence-electron chi connectivity index (χ0n) is 45.4. The minimum atomic E-state index is -0.777. The Morgan fingerprint density at radius 3 is 0.912 bits per heavy atom. The van der Waals surface area contributed by atoms with Gasteiger partial charge in [-0.3, -0.25) is 14.4 Å². The van der Waals surface area contributed by atoms with Gasteiger partial charge in [0.15, 0.2) is 6.10 Å². The van der Waals surface area contributed by atoms with Crippen LogP contribution in [0.5, 0.6) is 0 Å². The lowest BCUT2D eigenvalue weighted by molar-refractivity contribution is -0.167. The molecule has 0 saturated carbocycles. The fourth-order valence-electron chi connectivity index (χ4n) is 8.63. The van der Waals surface area contributed by atoms with Gasteiger partial charge in [-0.15, -0.1) is 0 Å². The highest BCUT2D eigenvalue weighted by atomic mass is 16.6. The van der Waals surface area contributed by atoms with Crippen molar-refractivity contribution in [2.45, 2.75) is 316 Å². The van der Waals surface area contributed by atoms with Crippen molar-refractivity contribution < 1.29 is 28.6 Å². The topological polar surface area (TPSA) is 78.9 Å². The SMILES string of the molecule is CC/C=C\C/C=C\C/C=C\CCCCCCCCCCCC(=O)OCC(COC(=O)CCCCCCCCCCCCCCCCC)OC(=O)CCCCCCC/C=C\CCCCCCCCC. The summed E-state index contributed by atoms with van der Waals surface area (Å²) in [5.74, 6) is -0.872. The van der Waals surface area contributed by atoms with Crippen molar-refractivity contribution in [3.05, 3.63) is 48.6 Å². The van der Waals surface area contributed by atoms with E-state index in [0.717, 1.165) is 83.5 Å². The van der Waals surface area contributed by atoms with Gasteiger partial charge >= 0.3 is 17.9 Å². The summed E-state index contributed by atoms with van der Waals surface area (Å²) >= 11 is 0. The molecule has 0 aliphatic heterocycles. The first kappa shape index (κ1) is 65.4. The molecule has 0 amide bonds. The van der Waals surface area contributed by atoms with Crippen LogP contribution in [0.2, 0.25) is 0 Å². The van der Waals surface area contributed by atoms with E-state index in [0.29, 0.717) is 19.3 Å². The van der Waals surface area contributed by atoms with Crippen LogP contribution in [0, 0.1) is 0 Å². The first-order valence-electron chi connectivity index (χ1n) is 29.6. The third-order valence-electron chi connectivity index (χ3n) is 13.1. The average Bonchev–Trinajstić information content (AvgIpc) is 3.34. The lowest BCUT2D eigenvalue weighted by Gasteiger charge is -2.18. The molecule has 0 heterocycles. The second kappa shape index (κ2) is 57.0. The van der Waals surface area contributed by atoms with Crippen molar-refractivity contribution in [1.82, 2.24) is 0 Å². The Hall–Kier alpha value is -2.63. The number of hydrogen-bond donors (Lipinski definition) is 0. The van der Waals surface area contributed by atoms with Gasteiger partial charge in [0.05, 0.1) is 0 Å². The molecule has 0 aliphatic carbocycles. The fourth-order valence-corrected chi connectivity index (χ4v) is 8.63. The average molecular weight is 954 g/mol. The van der Waals surface area contributed by atoms with E-state index >= 15 is 0 Å². The Balaban J connectivity index is 4.35. The molecule has 0 aromatic carbocycles. The van der Waals surface area contributed by atoms with Gasteiger partial charge < -0.3 is 14.2 Å². The van der Waals surface area contributed by atoms with Gasteiger partial charge in [0.2, 0.25) is 0 Å². The molecule has 1 unspecified atom stereocenters. The van der Waals surface area contributed by atoms with Crippen LogP contribution in [0.1, 0.15) is 310 Å². The minimum absolute atomic E-state index is 0.0746. The number of allylic oxidation sites excluding steroid dienone is 8. The zero-order valence-corrected chi connectivity index (χ0v) is 45.4. The van der Waals surface area contributed by atoms with Crippen molar-refractivity contribution >= 4 is 17.9 Å². The molecule has 6 heteroatoms. The molecule has 6 nitrogen and oxygen atoms in total. The quantitative estimate of drug-likeness (QED) is 0.0262. The van der Waals surface area contributed by atoms with Crippen molar-refractivity contribution in [2.75, 3.05) is 13.2 Å². The van der Waals surface area contributed by atoms with E-state index in [1.165, 1.54) is 186 Å². The molecule has 0 aromatic heterocycles. The van der Waals surface area contributed by atoms with Crippen LogP contribution in [0.15, 0.2) is 48.6 Å². The molecule has 0 aliphatic rings. The molecule has 0 N–H and O–H groups in total. The second-order valence-electron chi connectivity index (χ2n) is 19.9. The van der Waals surface area contributed by atoms with Crippen LogP contribution in [-0.2, 0) is 28.6 Å². The first-order chi connectivity index (χ1) is 33.5. The van der Waals surface area contributed by atoms with Crippen molar-refractivity contribution in [2.24, 2.45) is 0 Å². The molecule has 0 rings (SSSR count). The summed E-state index contributed by atoms with van der Waals surface area (Å²) in [4.78, 5) is 38.2. The maximum absolute atomic E-state index is 12.9. The highest BCUT2D eigenvalue weighted by Gasteiger charge is 2.19. The Kier molecular flexibility index (Phi) is 54.8. The summed E-state index contributed by atoms with van der Waals surface area (Å²) in [7, 11) is 0. The summed E-state index contributed by atoms with van der Waals surface area (Å²) in [6.07, 6.45) is 69.6. The fraction of sp³-hybridized carbons (Fsp3) is 0.823. The van der Waals surface area contributed by atoms with Crippen molar-refractivity contribution in [3.63, 3.8) is 0 Å². The number of unbranched alkanes of at least 4 members (excludes halogenated alkanes) is 35. The highest BCUT2D eigenvalue weighted by molar-refractivity contribution is 5.71. The number of ether oxygens (including phenoxy) is 3. The molecule has 0 radical (unpaired) electrons. The van der Waals surface area contributed by atoms with Crippen LogP contribution in [-0.4, -0.2) is 37.2 Å². The van der Waals surface area contributed by atoms with Crippen LogP contribution in [0.25, 0.3) is 0 Å². The molecule has 0 aromatic rings. The van der Waals surface area contributed by atoms with Gasteiger partial charge in [-0.05, 0) is 77.0 Å². The summed E-state index contributed by atoms with van der Waals surface area (Å²) in [5, 5.41) is 0. The number of esters is 3. The van der Waals surface area contributed by atoms with Gasteiger partial charge in [0.25, 0.3) is 0 Å². The number of hydrogen-bond acceptors (Lipinski definition) is 6. The Bertz CT molecular complexity index is 1190. The lowest BCUT2D eigenvalue weighted by atomic mass is 10.0. The van der Waals surface area contributed by atoms with E-state index in [4.69, 9.17) is 14.2 Å². The Morgan fingerprint density at radius 2 is 0.574 bits per heavy atom. The second-order valence-corrected chi connectivity index (χ2v) is 19.9. The predicted octanol–water partition coefficient (Wildman–Crippen LogP) is 19.8. The van der Waals surface area contributed by atoms with E-state index in [9.17, 15) is 14.4 Å². The van der Waals surface area contributed by atoms with Gasteiger partial charge in [0.1, 0.15) is 13.2 Å². The largest absolute Gasteiger partial charge is 0.462 e. The molecular formula is C62H112O6. The number of rotatable bonds is 54. The molecule has 0 spiro atoms. The van der Waals surface area contributed by atoms with Crippen LogP contribution in [0.4, 0.5) is 0 Å².